The van der Waals surface area contributed by atoms with Crippen LogP contribution < -0.4 is 0 Å². The molecule has 4 heterocycles. The summed E-state index contributed by atoms with van der Waals surface area (Å²) in [5.74, 6) is 0.663. The van der Waals surface area contributed by atoms with Crippen LogP contribution in [0.3, 0.4) is 0 Å². The van der Waals surface area contributed by atoms with Gasteiger partial charge in [0, 0.05) is 54.9 Å². The van der Waals surface area contributed by atoms with Crippen LogP contribution in [-0.2, 0) is 0 Å². The number of fused-ring (bicyclic) bond motifs is 9. The largest absolute Gasteiger partial charge is 0.454 e. The Balaban J connectivity index is 1.04. The molecule has 58 heavy (non-hydrogen) atoms. The van der Waals surface area contributed by atoms with Gasteiger partial charge in [0.15, 0.2) is 11.4 Å². The Kier molecular flexibility index (Phi) is 7.16. The highest BCUT2D eigenvalue weighted by atomic mass is 16.3. The van der Waals surface area contributed by atoms with Crippen molar-refractivity contribution in [2.75, 3.05) is 0 Å². The van der Waals surface area contributed by atoms with Gasteiger partial charge < -0.3 is 8.98 Å². The third-order valence-electron chi connectivity index (χ3n) is 11.3. The summed E-state index contributed by atoms with van der Waals surface area (Å²) in [6.45, 7) is 0. The molecule has 0 spiro atoms. The minimum absolute atomic E-state index is 0.663. The Morgan fingerprint density at radius 3 is 1.74 bits per heavy atom. The maximum absolute atomic E-state index is 6.66. The highest BCUT2D eigenvalue weighted by Gasteiger charge is 2.20. The van der Waals surface area contributed by atoms with Crippen molar-refractivity contribution in [2.24, 2.45) is 0 Å². The second-order valence-electron chi connectivity index (χ2n) is 14.8. The topological polar surface area (TPSA) is 56.7 Å². The number of furan rings is 1. The van der Waals surface area contributed by atoms with Crippen LogP contribution in [0.2, 0.25) is 0 Å². The minimum atomic E-state index is 0.663. The molecule has 12 rings (SSSR count). The van der Waals surface area contributed by atoms with Gasteiger partial charge in [-0.25, -0.2) is 15.0 Å². The van der Waals surface area contributed by atoms with Gasteiger partial charge in [0.2, 0.25) is 0 Å². The third-order valence-corrected chi connectivity index (χ3v) is 11.3. The molecule has 0 aliphatic carbocycles. The standard InChI is InChI=1S/C53H32N4O/c1-2-14-33(15-3-1)53-55-44(32-45(56-53)37-19-13-21-39(29-37)57-47-25-9-6-22-40(47)41-23-7-10-26-48(41)57)36-18-12-20-38(28-36)51-52-50(42-24-8-11-27-49(42)58-52)43-30-34-16-4-5-17-35(34)31-46(43)54-51/h1-32H. The van der Waals surface area contributed by atoms with Crippen LogP contribution in [0.4, 0.5) is 0 Å². The summed E-state index contributed by atoms with van der Waals surface area (Å²) < 4.78 is 9.01. The smallest absolute Gasteiger partial charge is 0.162 e. The van der Waals surface area contributed by atoms with Crippen molar-refractivity contribution in [3.63, 3.8) is 0 Å². The minimum Gasteiger partial charge on any atom is -0.454 e. The third kappa shape index (κ3) is 5.14. The van der Waals surface area contributed by atoms with Gasteiger partial charge in [-0.15, -0.1) is 0 Å². The molecule has 0 saturated heterocycles. The van der Waals surface area contributed by atoms with E-state index in [9.17, 15) is 0 Å². The van der Waals surface area contributed by atoms with Gasteiger partial charge in [-0.05, 0) is 65.4 Å². The highest BCUT2D eigenvalue weighted by molar-refractivity contribution is 6.22. The monoisotopic (exact) mass is 740 g/mol. The van der Waals surface area contributed by atoms with E-state index < -0.39 is 0 Å². The Bertz CT molecular complexity index is 3530. The van der Waals surface area contributed by atoms with Crippen LogP contribution in [0.5, 0.6) is 0 Å². The molecule has 0 atom stereocenters. The molecule has 270 valence electrons. The van der Waals surface area contributed by atoms with E-state index in [0.29, 0.717) is 5.82 Å². The predicted octanol–water partition coefficient (Wildman–Crippen LogP) is 13.8. The maximum Gasteiger partial charge on any atom is 0.162 e. The Morgan fingerprint density at radius 1 is 0.397 bits per heavy atom. The van der Waals surface area contributed by atoms with E-state index in [0.717, 1.165) is 83.3 Å². The molecular formula is C53H32N4O. The van der Waals surface area contributed by atoms with E-state index in [2.05, 4.69) is 168 Å². The molecular weight excluding hydrogens is 709 g/mol. The SMILES string of the molecule is c1ccc(-c2nc(-c3cccc(-c4nc5cc6ccccc6cc5c5c4oc4ccccc45)c3)cc(-c3cccc(-n4c5ccccc5c5ccccc54)c3)n2)cc1. The van der Waals surface area contributed by atoms with E-state index >= 15 is 0 Å². The molecule has 4 aromatic heterocycles. The number of benzene rings is 8. The van der Waals surface area contributed by atoms with Crippen LogP contribution in [0, 0.1) is 0 Å². The van der Waals surface area contributed by atoms with Gasteiger partial charge in [-0.2, -0.15) is 0 Å². The fourth-order valence-corrected chi connectivity index (χ4v) is 8.66. The molecule has 0 aliphatic rings. The van der Waals surface area contributed by atoms with Crippen molar-refractivity contribution >= 4 is 65.4 Å². The molecule has 8 aromatic carbocycles. The average molecular weight is 741 g/mol. The van der Waals surface area contributed by atoms with E-state index in [1.165, 1.54) is 27.2 Å². The first-order valence-corrected chi connectivity index (χ1v) is 19.5. The van der Waals surface area contributed by atoms with Gasteiger partial charge in [0.25, 0.3) is 0 Å². The number of hydrogen-bond acceptors (Lipinski definition) is 4. The summed E-state index contributed by atoms with van der Waals surface area (Å²) in [6.07, 6.45) is 0. The fourth-order valence-electron chi connectivity index (χ4n) is 8.66. The fraction of sp³-hybridized carbons (Fsp3) is 0. The molecule has 0 aliphatic heterocycles. The zero-order valence-corrected chi connectivity index (χ0v) is 31.2. The number of nitrogens with zero attached hydrogens (tertiary/aromatic N) is 4. The molecule has 0 unspecified atom stereocenters. The lowest BCUT2D eigenvalue weighted by Crippen LogP contribution is -1.98. The van der Waals surface area contributed by atoms with Gasteiger partial charge in [0.1, 0.15) is 11.3 Å². The van der Waals surface area contributed by atoms with Crippen molar-refractivity contribution in [3.05, 3.63) is 194 Å². The van der Waals surface area contributed by atoms with Crippen LogP contribution >= 0.6 is 0 Å². The van der Waals surface area contributed by atoms with Crippen LogP contribution in [0.25, 0.3) is 116 Å². The van der Waals surface area contributed by atoms with Gasteiger partial charge in [0.05, 0.1) is 27.9 Å². The Hall–Kier alpha value is -7.89. The van der Waals surface area contributed by atoms with E-state index in [4.69, 9.17) is 19.4 Å². The number of hydrogen-bond donors (Lipinski definition) is 0. The summed E-state index contributed by atoms with van der Waals surface area (Å²) in [4.78, 5) is 15.7. The molecule has 12 aromatic rings. The zero-order valence-electron chi connectivity index (χ0n) is 31.2. The van der Waals surface area contributed by atoms with Crippen LogP contribution in [0.15, 0.2) is 199 Å². The predicted molar refractivity (Wildman–Crippen MR) is 238 cm³/mol. The number of aromatic nitrogens is 4. The van der Waals surface area contributed by atoms with Crippen molar-refractivity contribution in [1.29, 1.82) is 0 Å². The van der Waals surface area contributed by atoms with Gasteiger partial charge in [-0.1, -0.05) is 140 Å². The number of pyridine rings is 1. The number of para-hydroxylation sites is 3. The van der Waals surface area contributed by atoms with Crippen LogP contribution in [0.1, 0.15) is 0 Å². The number of rotatable bonds is 5. The first-order chi connectivity index (χ1) is 28.7. The molecule has 5 nitrogen and oxygen atoms in total. The highest BCUT2D eigenvalue weighted by Crippen LogP contribution is 2.41. The summed E-state index contributed by atoms with van der Waals surface area (Å²) in [5.41, 5.74) is 12.3. The first kappa shape index (κ1) is 32.4. The second kappa shape index (κ2) is 12.8. The molecule has 0 radical (unpaired) electrons. The lowest BCUT2D eigenvalue weighted by molar-refractivity contribution is 0.669. The molecule has 5 heteroatoms. The summed E-state index contributed by atoms with van der Waals surface area (Å²) >= 11 is 0. The summed E-state index contributed by atoms with van der Waals surface area (Å²) in [5, 5.41) is 8.02. The van der Waals surface area contributed by atoms with E-state index in [1.54, 1.807) is 0 Å². The normalized spacial score (nSPS) is 11.8. The Morgan fingerprint density at radius 2 is 0.983 bits per heavy atom. The first-order valence-electron chi connectivity index (χ1n) is 19.5. The van der Waals surface area contributed by atoms with Crippen LogP contribution in [-0.4, -0.2) is 19.5 Å². The van der Waals surface area contributed by atoms with Crippen molar-refractivity contribution in [3.8, 4) is 50.8 Å². The van der Waals surface area contributed by atoms with Crippen molar-refractivity contribution < 1.29 is 4.42 Å². The second-order valence-corrected chi connectivity index (χ2v) is 14.8. The zero-order chi connectivity index (χ0) is 38.2. The summed E-state index contributed by atoms with van der Waals surface area (Å²) in [7, 11) is 0. The lowest BCUT2D eigenvalue weighted by atomic mass is 9.99. The maximum atomic E-state index is 6.66. The average Bonchev–Trinajstić information content (AvgIpc) is 3.85. The van der Waals surface area contributed by atoms with Crippen molar-refractivity contribution in [2.45, 2.75) is 0 Å². The molecule has 0 N–H and O–H groups in total. The van der Waals surface area contributed by atoms with Gasteiger partial charge in [-0.3, -0.25) is 0 Å². The van der Waals surface area contributed by atoms with Crippen molar-refractivity contribution in [1.82, 2.24) is 19.5 Å². The quantitative estimate of drug-likeness (QED) is 0.165. The summed E-state index contributed by atoms with van der Waals surface area (Å²) in [6, 6.07) is 67.8. The molecule has 0 fully saturated rings. The Labute approximate surface area is 333 Å². The molecule has 0 saturated carbocycles. The van der Waals surface area contributed by atoms with E-state index in [1.807, 2.05) is 30.3 Å². The molecule has 0 amide bonds. The van der Waals surface area contributed by atoms with Gasteiger partial charge >= 0.3 is 0 Å². The lowest BCUT2D eigenvalue weighted by Gasteiger charge is -2.13. The van der Waals surface area contributed by atoms with E-state index in [-0.39, 0.29) is 0 Å². The molecule has 0 bridgehead atoms.